The highest BCUT2D eigenvalue weighted by Crippen LogP contribution is 2.28. The lowest BCUT2D eigenvalue weighted by Crippen LogP contribution is -2.35. The van der Waals surface area contributed by atoms with E-state index in [1.165, 1.54) is 18.0 Å². The molecule has 1 saturated heterocycles. The van der Waals surface area contributed by atoms with E-state index in [0.29, 0.717) is 6.04 Å². The molecule has 1 unspecified atom stereocenters. The zero-order valence-corrected chi connectivity index (χ0v) is 12.3. The van der Waals surface area contributed by atoms with Gasteiger partial charge in [-0.3, -0.25) is 0 Å². The van der Waals surface area contributed by atoms with E-state index in [4.69, 9.17) is 9.72 Å². The second kappa shape index (κ2) is 6.50. The molecule has 102 valence electrons. The summed E-state index contributed by atoms with van der Waals surface area (Å²) in [5.74, 6) is 0.724. The van der Waals surface area contributed by atoms with Crippen LogP contribution in [-0.4, -0.2) is 38.8 Å². The van der Waals surface area contributed by atoms with E-state index in [9.17, 15) is 0 Å². The highest BCUT2D eigenvalue weighted by molar-refractivity contribution is 7.13. The maximum Gasteiger partial charge on any atom is 0.185 e. The SMILES string of the molecule is CNC(C)c1csc(N2CCC(COC)CC2)n1. The molecule has 0 aliphatic carbocycles. The van der Waals surface area contributed by atoms with Gasteiger partial charge in [0.15, 0.2) is 5.13 Å². The van der Waals surface area contributed by atoms with Crippen molar-refractivity contribution in [3.05, 3.63) is 11.1 Å². The lowest BCUT2D eigenvalue weighted by Gasteiger charge is -2.31. The summed E-state index contributed by atoms with van der Waals surface area (Å²) in [5, 5.41) is 6.56. The number of aromatic nitrogens is 1. The van der Waals surface area contributed by atoms with Gasteiger partial charge in [0.05, 0.1) is 5.69 Å². The molecule has 0 bridgehead atoms. The van der Waals surface area contributed by atoms with Gasteiger partial charge in [0.1, 0.15) is 0 Å². The molecule has 1 aromatic heterocycles. The molecular weight excluding hydrogens is 246 g/mol. The first-order chi connectivity index (χ1) is 8.74. The van der Waals surface area contributed by atoms with Crippen LogP contribution in [0.5, 0.6) is 0 Å². The molecule has 0 spiro atoms. The van der Waals surface area contributed by atoms with Crippen molar-refractivity contribution in [3.8, 4) is 0 Å². The number of nitrogens with one attached hydrogen (secondary N) is 1. The first-order valence-corrected chi connectivity index (χ1v) is 7.49. The molecule has 1 aliphatic heterocycles. The molecule has 0 aromatic carbocycles. The summed E-state index contributed by atoms with van der Waals surface area (Å²) in [5.41, 5.74) is 1.15. The maximum absolute atomic E-state index is 5.23. The van der Waals surface area contributed by atoms with Crippen molar-refractivity contribution < 1.29 is 4.74 Å². The van der Waals surface area contributed by atoms with Crippen LogP contribution in [0.1, 0.15) is 31.5 Å². The van der Waals surface area contributed by atoms with Gasteiger partial charge in [-0.1, -0.05) is 0 Å². The van der Waals surface area contributed by atoms with E-state index in [1.807, 2.05) is 7.05 Å². The Morgan fingerprint density at radius 3 is 2.89 bits per heavy atom. The van der Waals surface area contributed by atoms with Crippen LogP contribution in [0, 0.1) is 5.92 Å². The number of anilines is 1. The maximum atomic E-state index is 5.23. The predicted octanol–water partition coefficient (Wildman–Crippen LogP) is 2.29. The average Bonchev–Trinajstić information content (AvgIpc) is 2.89. The van der Waals surface area contributed by atoms with E-state index >= 15 is 0 Å². The molecule has 4 nitrogen and oxygen atoms in total. The highest BCUT2D eigenvalue weighted by atomic mass is 32.1. The molecule has 1 aromatic rings. The monoisotopic (exact) mass is 269 g/mol. The fourth-order valence-electron chi connectivity index (χ4n) is 2.29. The molecule has 0 saturated carbocycles. The van der Waals surface area contributed by atoms with Gasteiger partial charge >= 0.3 is 0 Å². The van der Waals surface area contributed by atoms with E-state index in [2.05, 4.69) is 22.5 Å². The van der Waals surface area contributed by atoms with Crippen LogP contribution in [0.25, 0.3) is 0 Å². The van der Waals surface area contributed by atoms with Crippen LogP contribution in [-0.2, 0) is 4.74 Å². The zero-order chi connectivity index (χ0) is 13.0. The number of hydrogen-bond acceptors (Lipinski definition) is 5. The predicted molar refractivity (Wildman–Crippen MR) is 76.4 cm³/mol. The Morgan fingerprint density at radius 2 is 2.28 bits per heavy atom. The first kappa shape index (κ1) is 13.8. The van der Waals surface area contributed by atoms with Crippen molar-refractivity contribution in [2.45, 2.75) is 25.8 Å². The third kappa shape index (κ3) is 3.22. The Bertz CT molecular complexity index is 361. The Morgan fingerprint density at radius 1 is 1.56 bits per heavy atom. The molecule has 5 heteroatoms. The third-order valence-corrected chi connectivity index (χ3v) is 4.59. The number of piperidine rings is 1. The molecule has 1 N–H and O–H groups in total. The molecule has 1 atom stereocenters. The standard InChI is InChI=1S/C13H23N3OS/c1-10(14-2)12-9-18-13(15-12)16-6-4-11(5-7-16)8-17-3/h9-11,14H,4-8H2,1-3H3. The van der Waals surface area contributed by atoms with Crippen LogP contribution >= 0.6 is 11.3 Å². The summed E-state index contributed by atoms with van der Waals surface area (Å²) in [6.07, 6.45) is 2.43. The first-order valence-electron chi connectivity index (χ1n) is 6.61. The van der Waals surface area contributed by atoms with Gasteiger partial charge in [0.2, 0.25) is 0 Å². The van der Waals surface area contributed by atoms with Gasteiger partial charge < -0.3 is 15.0 Å². The summed E-state index contributed by atoms with van der Waals surface area (Å²) in [7, 11) is 3.76. The van der Waals surface area contributed by atoms with E-state index in [-0.39, 0.29) is 0 Å². The molecule has 2 rings (SSSR count). The number of rotatable bonds is 5. The molecule has 1 fully saturated rings. The van der Waals surface area contributed by atoms with Gasteiger partial charge in [0.25, 0.3) is 0 Å². The second-order valence-electron chi connectivity index (χ2n) is 4.95. The Labute approximate surface area is 113 Å². The average molecular weight is 269 g/mol. The minimum Gasteiger partial charge on any atom is -0.384 e. The molecular formula is C13H23N3OS. The van der Waals surface area contributed by atoms with Crippen molar-refractivity contribution >= 4 is 16.5 Å². The van der Waals surface area contributed by atoms with E-state index < -0.39 is 0 Å². The van der Waals surface area contributed by atoms with E-state index in [1.54, 1.807) is 18.4 Å². The normalized spacial score (nSPS) is 19.2. The summed E-state index contributed by atoms with van der Waals surface area (Å²) in [4.78, 5) is 7.13. The van der Waals surface area contributed by atoms with Crippen molar-refractivity contribution in [2.24, 2.45) is 5.92 Å². The summed E-state index contributed by atoms with van der Waals surface area (Å²) in [6, 6.07) is 0.334. The second-order valence-corrected chi connectivity index (χ2v) is 5.79. The van der Waals surface area contributed by atoms with Crippen LogP contribution in [0.15, 0.2) is 5.38 Å². The number of methoxy groups -OCH3 is 1. The van der Waals surface area contributed by atoms with Gasteiger partial charge in [-0.15, -0.1) is 11.3 Å². The summed E-state index contributed by atoms with van der Waals surface area (Å²) >= 11 is 1.76. The number of nitrogens with zero attached hydrogens (tertiary/aromatic N) is 2. The topological polar surface area (TPSA) is 37.4 Å². The van der Waals surface area contributed by atoms with Crippen molar-refractivity contribution in [1.29, 1.82) is 0 Å². The zero-order valence-electron chi connectivity index (χ0n) is 11.5. The fourth-order valence-corrected chi connectivity index (χ4v) is 3.27. The lowest BCUT2D eigenvalue weighted by molar-refractivity contribution is 0.139. The quantitative estimate of drug-likeness (QED) is 0.890. The number of ether oxygens (including phenoxy) is 1. The molecule has 0 amide bonds. The lowest BCUT2D eigenvalue weighted by atomic mass is 9.98. The minimum absolute atomic E-state index is 0.334. The highest BCUT2D eigenvalue weighted by Gasteiger charge is 2.21. The van der Waals surface area contributed by atoms with Crippen molar-refractivity contribution in [3.63, 3.8) is 0 Å². The van der Waals surface area contributed by atoms with Crippen LogP contribution in [0.4, 0.5) is 5.13 Å². The largest absolute Gasteiger partial charge is 0.384 e. The fraction of sp³-hybridized carbons (Fsp3) is 0.769. The minimum atomic E-state index is 0.334. The summed E-state index contributed by atoms with van der Waals surface area (Å²) in [6.45, 7) is 5.25. The Balaban J connectivity index is 1.91. The van der Waals surface area contributed by atoms with Crippen molar-refractivity contribution in [2.75, 3.05) is 38.8 Å². The van der Waals surface area contributed by atoms with Crippen LogP contribution in [0.2, 0.25) is 0 Å². The van der Waals surface area contributed by atoms with Crippen LogP contribution < -0.4 is 10.2 Å². The molecule has 0 radical (unpaired) electrons. The number of thiazole rings is 1. The summed E-state index contributed by atoms with van der Waals surface area (Å²) < 4.78 is 5.23. The van der Waals surface area contributed by atoms with Gasteiger partial charge in [-0.25, -0.2) is 4.98 Å². The molecule has 18 heavy (non-hydrogen) atoms. The smallest absolute Gasteiger partial charge is 0.185 e. The van der Waals surface area contributed by atoms with E-state index in [0.717, 1.165) is 31.3 Å². The number of hydrogen-bond donors (Lipinski definition) is 1. The van der Waals surface area contributed by atoms with Gasteiger partial charge in [-0.05, 0) is 32.7 Å². The van der Waals surface area contributed by atoms with Crippen molar-refractivity contribution in [1.82, 2.24) is 10.3 Å². The third-order valence-electron chi connectivity index (χ3n) is 3.67. The van der Waals surface area contributed by atoms with Gasteiger partial charge in [-0.2, -0.15) is 0 Å². The molecule has 2 heterocycles. The molecule has 1 aliphatic rings. The van der Waals surface area contributed by atoms with Gasteiger partial charge in [0, 0.05) is 38.2 Å². The Kier molecular flexibility index (Phi) is 4.97. The van der Waals surface area contributed by atoms with Crippen LogP contribution in [0.3, 0.4) is 0 Å². The Hall–Kier alpha value is -0.650.